The lowest BCUT2D eigenvalue weighted by molar-refractivity contribution is -0.131. The van der Waals surface area contributed by atoms with Crippen LogP contribution in [0.25, 0.3) is 0 Å². The van der Waals surface area contributed by atoms with Crippen LogP contribution in [0.15, 0.2) is 29.0 Å². The predicted molar refractivity (Wildman–Crippen MR) is 66.6 cm³/mol. The van der Waals surface area contributed by atoms with Crippen molar-refractivity contribution in [2.24, 2.45) is 0 Å². The van der Waals surface area contributed by atoms with Gasteiger partial charge in [0.05, 0.1) is 6.26 Å². The van der Waals surface area contributed by atoms with Crippen molar-refractivity contribution < 1.29 is 9.21 Å². The first-order valence-electron chi connectivity index (χ1n) is 5.62. The van der Waals surface area contributed by atoms with Gasteiger partial charge in [0.1, 0.15) is 18.1 Å². The van der Waals surface area contributed by atoms with E-state index in [0.717, 1.165) is 11.3 Å². The molecule has 0 spiro atoms. The summed E-state index contributed by atoms with van der Waals surface area (Å²) in [5.74, 6) is 1.22. The first kappa shape index (κ1) is 12.2. The van der Waals surface area contributed by atoms with Gasteiger partial charge in [-0.15, -0.1) is 0 Å². The zero-order valence-electron chi connectivity index (χ0n) is 10.5. The highest BCUT2D eigenvalue weighted by atomic mass is 16.3. The number of nitrogens with two attached hydrogens (primary N) is 1. The van der Waals surface area contributed by atoms with Gasteiger partial charge in [-0.3, -0.25) is 9.48 Å². The van der Waals surface area contributed by atoms with Gasteiger partial charge in [-0.1, -0.05) is 0 Å². The number of nitrogen functional groups attached to an aromatic ring is 1. The smallest absolute Gasteiger partial charge is 0.244 e. The molecule has 0 saturated heterocycles. The fourth-order valence-electron chi connectivity index (χ4n) is 1.64. The Morgan fingerprint density at radius 3 is 2.89 bits per heavy atom. The zero-order valence-corrected chi connectivity index (χ0v) is 10.5. The molecule has 6 nitrogen and oxygen atoms in total. The summed E-state index contributed by atoms with van der Waals surface area (Å²) in [4.78, 5) is 13.6. The molecule has 2 rings (SSSR count). The Morgan fingerprint density at radius 2 is 2.33 bits per heavy atom. The average Bonchev–Trinajstić information content (AvgIpc) is 2.89. The van der Waals surface area contributed by atoms with Gasteiger partial charge in [-0.05, 0) is 19.1 Å². The summed E-state index contributed by atoms with van der Waals surface area (Å²) < 4.78 is 6.72. The molecule has 0 aliphatic heterocycles. The molecule has 96 valence electrons. The number of likely N-dealkylation sites (N-methyl/N-ethyl adjacent to an activating group) is 1. The molecule has 2 aromatic heterocycles. The molecule has 0 aliphatic rings. The third kappa shape index (κ3) is 2.71. The van der Waals surface area contributed by atoms with E-state index in [1.54, 1.807) is 30.5 Å². The molecular formula is C12H16N4O2. The average molecular weight is 248 g/mol. The Morgan fingerprint density at radius 1 is 1.56 bits per heavy atom. The second-order valence-corrected chi connectivity index (χ2v) is 4.19. The van der Waals surface area contributed by atoms with Gasteiger partial charge in [-0.25, -0.2) is 0 Å². The lowest BCUT2D eigenvalue weighted by atomic mass is 10.2. The number of carbonyl (C=O) groups is 1. The summed E-state index contributed by atoms with van der Waals surface area (Å²) in [6.45, 7) is 2.59. The topological polar surface area (TPSA) is 77.3 Å². The minimum absolute atomic E-state index is 0.0290. The fraction of sp³-hybridized carbons (Fsp3) is 0.333. The summed E-state index contributed by atoms with van der Waals surface area (Å²) in [6, 6.07) is 3.53. The van der Waals surface area contributed by atoms with E-state index >= 15 is 0 Å². The van der Waals surface area contributed by atoms with E-state index in [1.807, 2.05) is 13.0 Å². The molecule has 0 saturated carbocycles. The van der Waals surface area contributed by atoms with E-state index in [1.165, 1.54) is 4.68 Å². The number of aryl methyl sites for hydroxylation is 1. The molecule has 0 atom stereocenters. The Balaban J connectivity index is 1.95. The quantitative estimate of drug-likeness (QED) is 0.876. The number of amides is 1. The maximum Gasteiger partial charge on any atom is 0.244 e. The van der Waals surface area contributed by atoms with E-state index < -0.39 is 0 Å². The number of hydrogen-bond donors (Lipinski definition) is 1. The number of anilines is 1. The van der Waals surface area contributed by atoms with Crippen molar-refractivity contribution in [2.75, 3.05) is 12.8 Å². The van der Waals surface area contributed by atoms with Crippen molar-refractivity contribution in [3.05, 3.63) is 35.9 Å². The molecule has 0 bridgehead atoms. The van der Waals surface area contributed by atoms with E-state index in [-0.39, 0.29) is 12.5 Å². The predicted octanol–water partition coefficient (Wildman–Crippen LogP) is 1.03. The van der Waals surface area contributed by atoms with Crippen molar-refractivity contribution in [3.63, 3.8) is 0 Å². The SMILES string of the molecule is Cc1occc1CN(C)C(=O)Cn1ccc(N)n1. The van der Waals surface area contributed by atoms with Crippen molar-refractivity contribution in [1.29, 1.82) is 0 Å². The summed E-state index contributed by atoms with van der Waals surface area (Å²) in [5, 5.41) is 3.98. The molecule has 2 N–H and O–H groups in total. The first-order chi connectivity index (χ1) is 8.56. The number of rotatable bonds is 4. The van der Waals surface area contributed by atoms with Gasteiger partial charge in [0.15, 0.2) is 0 Å². The van der Waals surface area contributed by atoms with Crippen LogP contribution in [0.5, 0.6) is 0 Å². The summed E-state index contributed by atoms with van der Waals surface area (Å²) in [5.41, 5.74) is 6.50. The van der Waals surface area contributed by atoms with E-state index in [2.05, 4.69) is 5.10 Å². The van der Waals surface area contributed by atoms with Crippen LogP contribution in [0.1, 0.15) is 11.3 Å². The number of carbonyl (C=O) groups excluding carboxylic acids is 1. The standard InChI is InChI=1S/C12H16N4O2/c1-9-10(4-6-18-9)7-15(2)12(17)8-16-5-3-11(13)14-16/h3-6H,7-8H2,1-2H3,(H2,13,14). The Kier molecular flexibility index (Phi) is 3.36. The summed E-state index contributed by atoms with van der Waals surface area (Å²) in [6.07, 6.45) is 3.31. The van der Waals surface area contributed by atoms with Crippen LogP contribution in [0.2, 0.25) is 0 Å². The molecule has 1 amide bonds. The van der Waals surface area contributed by atoms with Gasteiger partial charge < -0.3 is 15.1 Å². The third-order valence-electron chi connectivity index (χ3n) is 2.76. The molecule has 2 heterocycles. The Hall–Kier alpha value is -2.24. The maximum absolute atomic E-state index is 12.0. The molecule has 18 heavy (non-hydrogen) atoms. The fourth-order valence-corrected chi connectivity index (χ4v) is 1.64. The highest BCUT2D eigenvalue weighted by Gasteiger charge is 2.12. The number of aromatic nitrogens is 2. The van der Waals surface area contributed by atoms with Crippen LogP contribution < -0.4 is 5.73 Å². The van der Waals surface area contributed by atoms with Gasteiger partial charge >= 0.3 is 0 Å². The molecule has 0 radical (unpaired) electrons. The normalized spacial score (nSPS) is 10.6. The Bertz CT molecular complexity index is 544. The van der Waals surface area contributed by atoms with Crippen LogP contribution in [-0.4, -0.2) is 27.6 Å². The second-order valence-electron chi connectivity index (χ2n) is 4.19. The molecule has 2 aromatic rings. The Labute approximate surface area is 105 Å². The molecule has 0 aliphatic carbocycles. The molecule has 0 unspecified atom stereocenters. The van der Waals surface area contributed by atoms with E-state index in [4.69, 9.17) is 10.2 Å². The highest BCUT2D eigenvalue weighted by Crippen LogP contribution is 2.11. The lowest BCUT2D eigenvalue weighted by Gasteiger charge is -2.16. The third-order valence-corrected chi connectivity index (χ3v) is 2.76. The van der Waals surface area contributed by atoms with Crippen molar-refractivity contribution in [1.82, 2.24) is 14.7 Å². The lowest BCUT2D eigenvalue weighted by Crippen LogP contribution is -2.30. The van der Waals surface area contributed by atoms with Gasteiger partial charge in [0, 0.05) is 25.4 Å². The van der Waals surface area contributed by atoms with Crippen LogP contribution in [-0.2, 0) is 17.9 Å². The number of nitrogens with zero attached hydrogens (tertiary/aromatic N) is 3. The van der Waals surface area contributed by atoms with Gasteiger partial charge in [0.25, 0.3) is 0 Å². The first-order valence-corrected chi connectivity index (χ1v) is 5.62. The second kappa shape index (κ2) is 4.95. The van der Waals surface area contributed by atoms with Crippen molar-refractivity contribution in [3.8, 4) is 0 Å². The van der Waals surface area contributed by atoms with Crippen molar-refractivity contribution in [2.45, 2.75) is 20.0 Å². The highest BCUT2D eigenvalue weighted by molar-refractivity contribution is 5.75. The van der Waals surface area contributed by atoms with E-state index in [9.17, 15) is 4.79 Å². The molecule has 6 heteroatoms. The van der Waals surface area contributed by atoms with Crippen molar-refractivity contribution >= 4 is 11.7 Å². The number of furan rings is 1. The van der Waals surface area contributed by atoms with E-state index in [0.29, 0.717) is 12.4 Å². The van der Waals surface area contributed by atoms with Gasteiger partial charge in [-0.2, -0.15) is 5.10 Å². The number of hydrogen-bond acceptors (Lipinski definition) is 4. The minimum Gasteiger partial charge on any atom is -0.469 e. The molecule has 0 fully saturated rings. The molecular weight excluding hydrogens is 232 g/mol. The van der Waals surface area contributed by atoms with Gasteiger partial charge in [0.2, 0.25) is 5.91 Å². The van der Waals surface area contributed by atoms with Crippen LogP contribution in [0.4, 0.5) is 5.82 Å². The van der Waals surface area contributed by atoms with Crippen LogP contribution in [0.3, 0.4) is 0 Å². The van der Waals surface area contributed by atoms with Crippen LogP contribution in [0, 0.1) is 6.92 Å². The maximum atomic E-state index is 12.0. The van der Waals surface area contributed by atoms with Crippen LogP contribution >= 0.6 is 0 Å². The largest absolute Gasteiger partial charge is 0.469 e. The summed E-state index contributed by atoms with van der Waals surface area (Å²) in [7, 11) is 1.75. The molecule has 0 aromatic carbocycles. The monoisotopic (exact) mass is 248 g/mol. The summed E-state index contributed by atoms with van der Waals surface area (Å²) >= 11 is 0. The zero-order chi connectivity index (χ0) is 13.1. The minimum atomic E-state index is -0.0290.